The van der Waals surface area contributed by atoms with Gasteiger partial charge in [0.1, 0.15) is 0 Å². The SMILES string of the molecule is CCOc1cc(C(C)(C)CC(=O)O)ccc1OC. The second kappa shape index (κ2) is 5.76. The number of hydrogen-bond donors (Lipinski definition) is 1. The highest BCUT2D eigenvalue weighted by atomic mass is 16.5. The molecule has 0 amide bonds. The number of ether oxygens (including phenoxy) is 2. The van der Waals surface area contributed by atoms with Gasteiger partial charge in [-0.25, -0.2) is 0 Å². The number of rotatable bonds is 6. The zero-order valence-corrected chi connectivity index (χ0v) is 11.3. The van der Waals surface area contributed by atoms with Gasteiger partial charge in [-0.05, 0) is 24.6 Å². The Bertz CT molecular complexity index is 424. The third kappa shape index (κ3) is 3.39. The smallest absolute Gasteiger partial charge is 0.304 e. The van der Waals surface area contributed by atoms with E-state index in [-0.39, 0.29) is 6.42 Å². The van der Waals surface area contributed by atoms with Gasteiger partial charge in [0, 0.05) is 5.41 Å². The molecule has 1 rings (SSSR count). The number of aliphatic carboxylic acids is 1. The lowest BCUT2D eigenvalue weighted by Crippen LogP contribution is -2.21. The zero-order chi connectivity index (χ0) is 13.8. The molecule has 0 heterocycles. The van der Waals surface area contributed by atoms with Gasteiger partial charge in [-0.15, -0.1) is 0 Å². The van der Waals surface area contributed by atoms with Crippen molar-refractivity contribution in [3.05, 3.63) is 23.8 Å². The number of carboxylic acid groups (broad SMARTS) is 1. The van der Waals surface area contributed by atoms with Crippen LogP contribution in [-0.2, 0) is 10.2 Å². The summed E-state index contributed by atoms with van der Waals surface area (Å²) in [6.07, 6.45) is 0.0743. The Hall–Kier alpha value is -1.71. The predicted molar refractivity (Wildman–Crippen MR) is 69.4 cm³/mol. The van der Waals surface area contributed by atoms with Crippen LogP contribution in [0.25, 0.3) is 0 Å². The van der Waals surface area contributed by atoms with Gasteiger partial charge >= 0.3 is 5.97 Å². The maximum atomic E-state index is 10.9. The van der Waals surface area contributed by atoms with Crippen LogP contribution < -0.4 is 9.47 Å². The third-order valence-electron chi connectivity index (χ3n) is 2.84. The van der Waals surface area contributed by atoms with Crippen LogP contribution in [0.5, 0.6) is 11.5 Å². The minimum Gasteiger partial charge on any atom is -0.493 e. The summed E-state index contributed by atoms with van der Waals surface area (Å²) in [6, 6.07) is 5.54. The highest BCUT2D eigenvalue weighted by molar-refractivity contribution is 5.69. The fraction of sp³-hybridized carbons (Fsp3) is 0.500. The molecule has 0 saturated carbocycles. The predicted octanol–water partition coefficient (Wildman–Crippen LogP) is 2.85. The van der Waals surface area contributed by atoms with Crippen molar-refractivity contribution in [1.29, 1.82) is 0 Å². The van der Waals surface area contributed by atoms with Crippen molar-refractivity contribution in [2.75, 3.05) is 13.7 Å². The van der Waals surface area contributed by atoms with Gasteiger partial charge in [0.15, 0.2) is 11.5 Å². The Labute approximate surface area is 108 Å². The summed E-state index contributed by atoms with van der Waals surface area (Å²) in [7, 11) is 1.58. The summed E-state index contributed by atoms with van der Waals surface area (Å²) in [6.45, 7) is 6.24. The summed E-state index contributed by atoms with van der Waals surface area (Å²) >= 11 is 0. The van der Waals surface area contributed by atoms with Crippen molar-refractivity contribution in [3.63, 3.8) is 0 Å². The number of benzene rings is 1. The van der Waals surface area contributed by atoms with E-state index in [4.69, 9.17) is 14.6 Å². The molecule has 4 heteroatoms. The van der Waals surface area contributed by atoms with E-state index in [2.05, 4.69) is 0 Å². The minimum atomic E-state index is -0.811. The topological polar surface area (TPSA) is 55.8 Å². The quantitative estimate of drug-likeness (QED) is 0.845. The number of methoxy groups -OCH3 is 1. The van der Waals surface area contributed by atoms with E-state index in [1.165, 1.54) is 0 Å². The van der Waals surface area contributed by atoms with Crippen LogP contribution in [0.3, 0.4) is 0 Å². The van der Waals surface area contributed by atoms with E-state index in [1.54, 1.807) is 7.11 Å². The molecule has 18 heavy (non-hydrogen) atoms. The molecule has 0 aliphatic heterocycles. The molecule has 0 aliphatic rings. The standard InChI is InChI=1S/C14H20O4/c1-5-18-12-8-10(6-7-11(12)17-4)14(2,3)9-13(15)16/h6-8H,5,9H2,1-4H3,(H,15,16). The van der Waals surface area contributed by atoms with Crippen LogP contribution in [0.2, 0.25) is 0 Å². The number of carbonyl (C=O) groups is 1. The first kappa shape index (κ1) is 14.4. The second-order valence-corrected chi connectivity index (χ2v) is 4.75. The van der Waals surface area contributed by atoms with E-state index in [9.17, 15) is 4.79 Å². The van der Waals surface area contributed by atoms with Gasteiger partial charge in [-0.1, -0.05) is 19.9 Å². The lowest BCUT2D eigenvalue weighted by Gasteiger charge is -2.24. The molecule has 4 nitrogen and oxygen atoms in total. The highest BCUT2D eigenvalue weighted by Crippen LogP contribution is 2.34. The van der Waals surface area contributed by atoms with Crippen molar-refractivity contribution >= 4 is 5.97 Å². The summed E-state index contributed by atoms with van der Waals surface area (Å²) in [5.41, 5.74) is 0.485. The molecule has 0 saturated heterocycles. The Morgan fingerprint density at radius 3 is 2.50 bits per heavy atom. The Morgan fingerprint density at radius 1 is 1.33 bits per heavy atom. The normalized spacial score (nSPS) is 11.1. The monoisotopic (exact) mass is 252 g/mol. The molecule has 0 aromatic heterocycles. The van der Waals surface area contributed by atoms with Gasteiger partial charge in [0.05, 0.1) is 20.1 Å². The molecule has 100 valence electrons. The molecular formula is C14H20O4. The lowest BCUT2D eigenvalue weighted by molar-refractivity contribution is -0.138. The summed E-state index contributed by atoms with van der Waals surface area (Å²) in [5, 5.41) is 8.93. The maximum Gasteiger partial charge on any atom is 0.304 e. The molecule has 1 aromatic rings. The second-order valence-electron chi connectivity index (χ2n) is 4.75. The minimum absolute atomic E-state index is 0.0743. The van der Waals surface area contributed by atoms with Crippen LogP contribution in [0.15, 0.2) is 18.2 Å². The zero-order valence-electron chi connectivity index (χ0n) is 11.3. The molecule has 1 N–H and O–H groups in total. The highest BCUT2D eigenvalue weighted by Gasteiger charge is 2.25. The third-order valence-corrected chi connectivity index (χ3v) is 2.84. The average molecular weight is 252 g/mol. The molecule has 0 bridgehead atoms. The van der Waals surface area contributed by atoms with E-state index in [0.29, 0.717) is 18.1 Å². The first-order valence-electron chi connectivity index (χ1n) is 5.94. The fourth-order valence-corrected chi connectivity index (χ4v) is 1.85. The van der Waals surface area contributed by atoms with E-state index < -0.39 is 11.4 Å². The number of carboxylic acids is 1. The van der Waals surface area contributed by atoms with Crippen molar-refractivity contribution in [2.45, 2.75) is 32.6 Å². The first-order chi connectivity index (χ1) is 8.40. The lowest BCUT2D eigenvalue weighted by atomic mass is 9.81. The summed E-state index contributed by atoms with van der Waals surface area (Å²) in [4.78, 5) is 10.9. The molecule has 0 atom stereocenters. The van der Waals surface area contributed by atoms with Gasteiger partial charge in [0.25, 0.3) is 0 Å². The van der Waals surface area contributed by atoms with Crippen LogP contribution in [0, 0.1) is 0 Å². The molecular weight excluding hydrogens is 232 g/mol. The van der Waals surface area contributed by atoms with Crippen molar-refractivity contribution in [2.24, 2.45) is 0 Å². The Morgan fingerprint density at radius 2 is 2.00 bits per heavy atom. The first-order valence-corrected chi connectivity index (χ1v) is 5.94. The van der Waals surface area contributed by atoms with Crippen molar-refractivity contribution < 1.29 is 19.4 Å². The van der Waals surface area contributed by atoms with Crippen molar-refractivity contribution in [3.8, 4) is 11.5 Å². The molecule has 0 spiro atoms. The van der Waals surface area contributed by atoms with Crippen LogP contribution >= 0.6 is 0 Å². The van der Waals surface area contributed by atoms with Gasteiger partial charge in [-0.3, -0.25) is 4.79 Å². The average Bonchev–Trinajstić information content (AvgIpc) is 2.27. The Balaban J connectivity index is 3.10. The summed E-state index contributed by atoms with van der Waals surface area (Å²) < 4.78 is 10.7. The molecule has 0 fully saturated rings. The fourth-order valence-electron chi connectivity index (χ4n) is 1.85. The van der Waals surface area contributed by atoms with Crippen LogP contribution in [0.4, 0.5) is 0 Å². The largest absolute Gasteiger partial charge is 0.493 e. The van der Waals surface area contributed by atoms with Gasteiger partial charge in [-0.2, -0.15) is 0 Å². The van der Waals surface area contributed by atoms with Crippen molar-refractivity contribution in [1.82, 2.24) is 0 Å². The molecule has 0 aliphatic carbocycles. The van der Waals surface area contributed by atoms with E-state index >= 15 is 0 Å². The molecule has 0 radical (unpaired) electrons. The van der Waals surface area contributed by atoms with E-state index in [0.717, 1.165) is 5.56 Å². The number of hydrogen-bond acceptors (Lipinski definition) is 3. The van der Waals surface area contributed by atoms with E-state index in [1.807, 2.05) is 39.0 Å². The molecule has 0 unspecified atom stereocenters. The summed E-state index contributed by atoms with van der Waals surface area (Å²) in [5.74, 6) is 0.497. The molecule has 1 aromatic carbocycles. The van der Waals surface area contributed by atoms with Crippen LogP contribution in [-0.4, -0.2) is 24.8 Å². The van der Waals surface area contributed by atoms with Crippen LogP contribution in [0.1, 0.15) is 32.8 Å². The Kier molecular flexibility index (Phi) is 4.59. The van der Waals surface area contributed by atoms with Gasteiger partial charge < -0.3 is 14.6 Å². The van der Waals surface area contributed by atoms with Gasteiger partial charge in [0.2, 0.25) is 0 Å². The maximum absolute atomic E-state index is 10.9.